The predicted molar refractivity (Wildman–Crippen MR) is 63.9 cm³/mol. The summed E-state index contributed by atoms with van der Waals surface area (Å²) in [6.45, 7) is 7.82. The van der Waals surface area contributed by atoms with Crippen LogP contribution < -0.4 is 5.32 Å². The Bertz CT molecular complexity index is 307. The largest absolute Gasteiger partial charge is 0.393 e. The van der Waals surface area contributed by atoms with Crippen molar-refractivity contribution >= 4 is 0 Å². The Morgan fingerprint density at radius 1 is 1.27 bits per heavy atom. The van der Waals surface area contributed by atoms with Crippen molar-refractivity contribution in [1.82, 2.24) is 5.32 Å². The maximum absolute atomic E-state index is 9.09. The molecule has 0 aromatic heterocycles. The lowest BCUT2D eigenvalue weighted by Crippen LogP contribution is -2.18. The summed E-state index contributed by atoms with van der Waals surface area (Å²) in [4.78, 5) is 0. The molecule has 1 atom stereocenters. The average Bonchev–Trinajstić information content (AvgIpc) is 2.18. The highest BCUT2D eigenvalue weighted by molar-refractivity contribution is 5.29. The predicted octanol–water partition coefficient (Wildman–Crippen LogP) is 2.16. The third-order valence-corrected chi connectivity index (χ3v) is 2.64. The standard InChI is InChI=1S/C13H21NO/c1-10-4-5-13(8-11(10)2)9-14-7-6-12(3)15/h4-5,8,12,14-15H,6-7,9H2,1-3H3/t12-/m0/s1. The van der Waals surface area contributed by atoms with Gasteiger partial charge in [-0.15, -0.1) is 0 Å². The zero-order chi connectivity index (χ0) is 11.3. The van der Waals surface area contributed by atoms with Crippen molar-refractivity contribution in [2.45, 2.75) is 39.8 Å². The van der Waals surface area contributed by atoms with Gasteiger partial charge in [0.1, 0.15) is 0 Å². The van der Waals surface area contributed by atoms with E-state index in [4.69, 9.17) is 5.11 Å². The van der Waals surface area contributed by atoms with Crippen LogP contribution in [0.1, 0.15) is 30.0 Å². The Kier molecular flexibility index (Phi) is 4.79. The van der Waals surface area contributed by atoms with Crippen LogP contribution in [0.25, 0.3) is 0 Å². The molecule has 2 nitrogen and oxygen atoms in total. The van der Waals surface area contributed by atoms with Gasteiger partial charge in [-0.05, 0) is 50.4 Å². The topological polar surface area (TPSA) is 32.3 Å². The van der Waals surface area contributed by atoms with Crippen LogP contribution in [0.4, 0.5) is 0 Å². The lowest BCUT2D eigenvalue weighted by atomic mass is 10.1. The molecule has 2 N–H and O–H groups in total. The molecule has 0 fully saturated rings. The summed E-state index contributed by atoms with van der Waals surface area (Å²) in [5, 5.41) is 12.4. The number of hydrogen-bond donors (Lipinski definition) is 2. The lowest BCUT2D eigenvalue weighted by Gasteiger charge is -2.08. The Labute approximate surface area is 92.3 Å². The van der Waals surface area contributed by atoms with Crippen molar-refractivity contribution < 1.29 is 5.11 Å². The second-order valence-corrected chi connectivity index (χ2v) is 4.23. The van der Waals surface area contributed by atoms with Crippen molar-refractivity contribution in [3.05, 3.63) is 34.9 Å². The fraction of sp³-hybridized carbons (Fsp3) is 0.538. The highest BCUT2D eigenvalue weighted by Gasteiger charge is 1.97. The van der Waals surface area contributed by atoms with Gasteiger partial charge < -0.3 is 10.4 Å². The molecule has 15 heavy (non-hydrogen) atoms. The van der Waals surface area contributed by atoms with E-state index in [0.29, 0.717) is 0 Å². The SMILES string of the molecule is Cc1ccc(CNCC[C@H](C)O)cc1C. The third kappa shape index (κ3) is 4.45. The Hall–Kier alpha value is -0.860. The van der Waals surface area contributed by atoms with Gasteiger partial charge >= 0.3 is 0 Å². The summed E-state index contributed by atoms with van der Waals surface area (Å²) in [5.41, 5.74) is 3.98. The van der Waals surface area contributed by atoms with Gasteiger partial charge in [0.25, 0.3) is 0 Å². The van der Waals surface area contributed by atoms with Crippen LogP contribution in [0.3, 0.4) is 0 Å². The van der Waals surface area contributed by atoms with Crippen LogP contribution in [-0.2, 0) is 6.54 Å². The molecule has 0 amide bonds. The molecule has 2 heteroatoms. The number of benzene rings is 1. The smallest absolute Gasteiger partial charge is 0.0524 e. The highest BCUT2D eigenvalue weighted by Crippen LogP contribution is 2.09. The Morgan fingerprint density at radius 2 is 2.00 bits per heavy atom. The number of hydrogen-bond acceptors (Lipinski definition) is 2. The molecule has 0 aliphatic heterocycles. The monoisotopic (exact) mass is 207 g/mol. The first-order valence-corrected chi connectivity index (χ1v) is 5.54. The van der Waals surface area contributed by atoms with Crippen molar-refractivity contribution in [2.75, 3.05) is 6.54 Å². The van der Waals surface area contributed by atoms with Crippen molar-refractivity contribution in [2.24, 2.45) is 0 Å². The maximum Gasteiger partial charge on any atom is 0.0524 e. The molecule has 0 aliphatic rings. The molecule has 0 saturated carbocycles. The quantitative estimate of drug-likeness (QED) is 0.725. The molecule has 0 radical (unpaired) electrons. The average molecular weight is 207 g/mol. The minimum atomic E-state index is -0.211. The van der Waals surface area contributed by atoms with E-state index in [1.54, 1.807) is 0 Å². The second-order valence-electron chi connectivity index (χ2n) is 4.23. The molecule has 1 aromatic carbocycles. The van der Waals surface area contributed by atoms with Gasteiger partial charge in [0.15, 0.2) is 0 Å². The molecule has 84 valence electrons. The lowest BCUT2D eigenvalue weighted by molar-refractivity contribution is 0.183. The molecule has 1 rings (SSSR count). The summed E-state index contributed by atoms with van der Waals surface area (Å²) < 4.78 is 0. The fourth-order valence-corrected chi connectivity index (χ4v) is 1.46. The minimum absolute atomic E-state index is 0.211. The molecule has 0 spiro atoms. The number of aryl methyl sites for hydroxylation is 2. The summed E-state index contributed by atoms with van der Waals surface area (Å²) in [6.07, 6.45) is 0.599. The zero-order valence-corrected chi connectivity index (χ0v) is 9.88. The van der Waals surface area contributed by atoms with E-state index >= 15 is 0 Å². The van der Waals surface area contributed by atoms with Crippen molar-refractivity contribution in [3.8, 4) is 0 Å². The van der Waals surface area contributed by atoms with Crippen molar-refractivity contribution in [1.29, 1.82) is 0 Å². The molecule has 0 aliphatic carbocycles. The first kappa shape index (κ1) is 12.2. The van der Waals surface area contributed by atoms with Gasteiger partial charge in [0, 0.05) is 6.54 Å². The van der Waals surface area contributed by atoms with Gasteiger partial charge in [-0.3, -0.25) is 0 Å². The summed E-state index contributed by atoms with van der Waals surface area (Å²) in [7, 11) is 0. The van der Waals surface area contributed by atoms with E-state index in [2.05, 4.69) is 37.4 Å². The Balaban J connectivity index is 2.35. The maximum atomic E-state index is 9.09. The highest BCUT2D eigenvalue weighted by atomic mass is 16.3. The summed E-state index contributed by atoms with van der Waals surface area (Å²) in [6, 6.07) is 6.52. The molecule has 1 aromatic rings. The van der Waals surface area contributed by atoms with E-state index in [-0.39, 0.29) is 6.10 Å². The zero-order valence-electron chi connectivity index (χ0n) is 9.88. The second kappa shape index (κ2) is 5.89. The van der Waals surface area contributed by atoms with Gasteiger partial charge in [0.2, 0.25) is 0 Å². The molecule has 0 bridgehead atoms. The Morgan fingerprint density at radius 3 is 2.60 bits per heavy atom. The number of rotatable bonds is 5. The fourth-order valence-electron chi connectivity index (χ4n) is 1.46. The first-order valence-electron chi connectivity index (χ1n) is 5.54. The first-order chi connectivity index (χ1) is 7.09. The number of aliphatic hydroxyl groups excluding tert-OH is 1. The van der Waals surface area contributed by atoms with Crippen molar-refractivity contribution in [3.63, 3.8) is 0 Å². The van der Waals surface area contributed by atoms with Crippen LogP contribution in [0.15, 0.2) is 18.2 Å². The molecule has 0 saturated heterocycles. The van der Waals surface area contributed by atoms with Crippen LogP contribution in [0.2, 0.25) is 0 Å². The van der Waals surface area contributed by atoms with E-state index in [1.165, 1.54) is 16.7 Å². The van der Waals surface area contributed by atoms with Gasteiger partial charge in [-0.25, -0.2) is 0 Å². The third-order valence-electron chi connectivity index (χ3n) is 2.64. The summed E-state index contributed by atoms with van der Waals surface area (Å²) in [5.74, 6) is 0. The molecule has 0 unspecified atom stereocenters. The van der Waals surface area contributed by atoms with Crippen LogP contribution in [0, 0.1) is 13.8 Å². The van der Waals surface area contributed by atoms with Crippen LogP contribution in [0.5, 0.6) is 0 Å². The minimum Gasteiger partial charge on any atom is -0.393 e. The van der Waals surface area contributed by atoms with E-state index in [9.17, 15) is 0 Å². The molecular weight excluding hydrogens is 186 g/mol. The summed E-state index contributed by atoms with van der Waals surface area (Å²) >= 11 is 0. The van der Waals surface area contributed by atoms with Gasteiger partial charge in [-0.1, -0.05) is 18.2 Å². The molecule has 0 heterocycles. The van der Waals surface area contributed by atoms with E-state index < -0.39 is 0 Å². The van der Waals surface area contributed by atoms with Gasteiger partial charge in [-0.2, -0.15) is 0 Å². The van der Waals surface area contributed by atoms with E-state index in [0.717, 1.165) is 19.5 Å². The van der Waals surface area contributed by atoms with Crippen LogP contribution >= 0.6 is 0 Å². The number of aliphatic hydroxyl groups is 1. The normalized spacial score (nSPS) is 12.8. The van der Waals surface area contributed by atoms with E-state index in [1.807, 2.05) is 6.92 Å². The molecular formula is C13H21NO. The van der Waals surface area contributed by atoms with Gasteiger partial charge in [0.05, 0.1) is 6.10 Å². The number of nitrogens with one attached hydrogen (secondary N) is 1. The van der Waals surface area contributed by atoms with Crippen LogP contribution in [-0.4, -0.2) is 17.8 Å².